The highest BCUT2D eigenvalue weighted by Gasteiger charge is 2.51. The van der Waals surface area contributed by atoms with Crippen molar-refractivity contribution in [1.82, 2.24) is 0 Å². The van der Waals surface area contributed by atoms with Crippen LogP contribution in [0.2, 0.25) is 0 Å². The maximum Gasteiger partial charge on any atom is 0.358 e. The fourth-order valence-electron chi connectivity index (χ4n) is 4.57. The third-order valence-electron chi connectivity index (χ3n) is 6.62. The molecule has 0 bridgehead atoms. The summed E-state index contributed by atoms with van der Waals surface area (Å²) in [5.41, 5.74) is 1.90. The van der Waals surface area contributed by atoms with E-state index in [0.29, 0.717) is 11.1 Å². The van der Waals surface area contributed by atoms with Crippen LogP contribution >= 0.6 is 7.49 Å². The van der Waals surface area contributed by atoms with Crippen molar-refractivity contribution < 1.29 is 14.1 Å². The van der Waals surface area contributed by atoms with Crippen molar-refractivity contribution in [1.29, 1.82) is 0 Å². The Morgan fingerprint density at radius 1 is 0.553 bits per heavy atom. The molecule has 0 saturated heterocycles. The van der Waals surface area contributed by atoms with E-state index in [1.807, 2.05) is 128 Å². The van der Waals surface area contributed by atoms with Crippen LogP contribution in [-0.4, -0.2) is 11.8 Å². The van der Waals surface area contributed by atoms with Gasteiger partial charge >= 0.3 is 5.97 Å². The van der Waals surface area contributed by atoms with E-state index in [2.05, 4.69) is 0 Å². The number of carbonyl (C=O) groups is 2. The first-order chi connectivity index (χ1) is 18.6. The average molecular weight is 516 g/mol. The summed E-state index contributed by atoms with van der Waals surface area (Å²) < 4.78 is 6.68. The van der Waals surface area contributed by atoms with Gasteiger partial charge in [-0.2, -0.15) is 0 Å². The minimum Gasteiger partial charge on any atom is -0.296 e. The standard InChI is InChI=1S/C34H28O3P/c1-26(28-17-14-18-29(25-28)33(35)27-15-6-2-7-16-27)34(36)37-38(30-19-8-3-9-20-30,31-21-10-4-11-22-31)32-23-12-5-13-24-32/h2-26H,1H3/q+1. The molecule has 0 spiro atoms. The van der Waals surface area contributed by atoms with Crippen LogP contribution in [0.15, 0.2) is 146 Å². The van der Waals surface area contributed by atoms with Gasteiger partial charge in [0.1, 0.15) is 15.9 Å². The lowest BCUT2D eigenvalue weighted by atomic mass is 9.96. The first-order valence-electron chi connectivity index (χ1n) is 12.6. The SMILES string of the molecule is CC(C(=O)O[P+](c1ccccc1)(c1ccccc1)c1ccccc1)c1cccc(C(=O)c2ccccc2)c1. The van der Waals surface area contributed by atoms with Gasteiger partial charge in [0.25, 0.3) is 7.49 Å². The molecule has 0 aliphatic rings. The first kappa shape index (κ1) is 25.3. The van der Waals surface area contributed by atoms with E-state index >= 15 is 0 Å². The zero-order valence-corrected chi connectivity index (χ0v) is 22.0. The Morgan fingerprint density at radius 3 is 1.45 bits per heavy atom. The molecule has 186 valence electrons. The van der Waals surface area contributed by atoms with Gasteiger partial charge in [-0.15, -0.1) is 0 Å². The lowest BCUT2D eigenvalue weighted by Crippen LogP contribution is -2.35. The van der Waals surface area contributed by atoms with Crippen molar-refractivity contribution in [3.8, 4) is 0 Å². The molecule has 0 aliphatic heterocycles. The molecule has 0 heterocycles. The maximum absolute atomic E-state index is 14.0. The molecule has 1 atom stereocenters. The van der Waals surface area contributed by atoms with Crippen molar-refractivity contribution in [3.63, 3.8) is 0 Å². The van der Waals surface area contributed by atoms with Crippen LogP contribution in [0.1, 0.15) is 34.3 Å². The number of carbonyl (C=O) groups excluding carboxylic acids is 2. The molecular weight excluding hydrogens is 487 g/mol. The van der Waals surface area contributed by atoms with E-state index in [0.717, 1.165) is 21.5 Å². The van der Waals surface area contributed by atoms with Gasteiger partial charge in [0.05, 0.1) is 5.92 Å². The number of hydrogen-bond donors (Lipinski definition) is 0. The van der Waals surface area contributed by atoms with E-state index in [-0.39, 0.29) is 11.8 Å². The van der Waals surface area contributed by atoms with Crippen molar-refractivity contribution in [2.24, 2.45) is 0 Å². The van der Waals surface area contributed by atoms with E-state index in [4.69, 9.17) is 4.52 Å². The molecule has 1 unspecified atom stereocenters. The lowest BCUT2D eigenvalue weighted by molar-refractivity contribution is -0.135. The molecule has 5 aromatic carbocycles. The summed E-state index contributed by atoms with van der Waals surface area (Å²) in [5.74, 6) is -0.985. The molecule has 0 radical (unpaired) electrons. The highest BCUT2D eigenvalue weighted by Crippen LogP contribution is 2.57. The van der Waals surface area contributed by atoms with Gasteiger partial charge in [0, 0.05) is 11.1 Å². The highest BCUT2D eigenvalue weighted by molar-refractivity contribution is 7.92. The van der Waals surface area contributed by atoms with Crippen molar-refractivity contribution in [3.05, 3.63) is 162 Å². The predicted molar refractivity (Wildman–Crippen MR) is 156 cm³/mol. The van der Waals surface area contributed by atoms with Crippen LogP contribution < -0.4 is 15.9 Å². The van der Waals surface area contributed by atoms with Gasteiger partial charge in [-0.25, -0.2) is 4.79 Å². The van der Waals surface area contributed by atoms with Gasteiger partial charge < -0.3 is 0 Å². The largest absolute Gasteiger partial charge is 0.358 e. The third kappa shape index (κ3) is 5.07. The summed E-state index contributed by atoms with van der Waals surface area (Å²) in [6, 6.07) is 46.4. The highest BCUT2D eigenvalue weighted by atomic mass is 31.2. The van der Waals surface area contributed by atoms with Crippen molar-refractivity contribution in [2.75, 3.05) is 0 Å². The van der Waals surface area contributed by atoms with Gasteiger partial charge in [-0.3, -0.25) is 9.32 Å². The number of ketones is 1. The van der Waals surface area contributed by atoms with E-state index < -0.39 is 13.4 Å². The number of benzene rings is 5. The molecule has 0 aromatic heterocycles. The maximum atomic E-state index is 14.0. The second-order valence-corrected chi connectivity index (χ2v) is 12.0. The molecule has 0 amide bonds. The number of hydrogen-bond acceptors (Lipinski definition) is 3. The summed E-state index contributed by atoms with van der Waals surface area (Å²) >= 11 is 0. The summed E-state index contributed by atoms with van der Waals surface area (Å²) in [6.45, 7) is 1.84. The Labute approximate surface area is 224 Å². The molecule has 5 rings (SSSR count). The zero-order chi connectivity index (χ0) is 26.4. The Kier molecular flexibility index (Phi) is 7.58. The Balaban J connectivity index is 1.55. The van der Waals surface area contributed by atoms with Crippen LogP contribution in [0.25, 0.3) is 0 Å². The molecule has 0 N–H and O–H groups in total. The fraction of sp³-hybridized carbons (Fsp3) is 0.0588. The minimum atomic E-state index is -2.78. The second kappa shape index (κ2) is 11.4. The van der Waals surface area contributed by atoms with E-state index in [1.165, 1.54) is 0 Å². The third-order valence-corrected chi connectivity index (χ3v) is 10.2. The number of rotatable bonds is 8. The van der Waals surface area contributed by atoms with Gasteiger partial charge in [0.15, 0.2) is 5.78 Å². The topological polar surface area (TPSA) is 43.4 Å². The summed E-state index contributed by atoms with van der Waals surface area (Å²) in [5, 5.41) is 2.89. The summed E-state index contributed by atoms with van der Waals surface area (Å²) in [7, 11) is -2.78. The zero-order valence-electron chi connectivity index (χ0n) is 21.1. The molecule has 3 nitrogen and oxygen atoms in total. The molecule has 0 saturated carbocycles. The van der Waals surface area contributed by atoms with Crippen LogP contribution in [0, 0.1) is 0 Å². The summed E-state index contributed by atoms with van der Waals surface area (Å²) in [4.78, 5) is 27.0. The lowest BCUT2D eigenvalue weighted by Gasteiger charge is -2.26. The van der Waals surface area contributed by atoms with Gasteiger partial charge in [0.2, 0.25) is 0 Å². The van der Waals surface area contributed by atoms with Crippen LogP contribution in [0.3, 0.4) is 0 Å². The quantitative estimate of drug-likeness (QED) is 0.176. The first-order valence-corrected chi connectivity index (χ1v) is 14.3. The van der Waals surface area contributed by atoms with Crippen LogP contribution in [0.4, 0.5) is 0 Å². The predicted octanol–water partition coefficient (Wildman–Crippen LogP) is 6.47. The van der Waals surface area contributed by atoms with E-state index in [1.54, 1.807) is 24.3 Å². The Hall–Kier alpha value is -4.33. The smallest absolute Gasteiger partial charge is 0.296 e. The monoisotopic (exact) mass is 515 g/mol. The van der Waals surface area contributed by atoms with Gasteiger partial charge in [-0.05, 0) is 55.0 Å². The second-order valence-electron chi connectivity index (χ2n) is 9.07. The Morgan fingerprint density at radius 2 is 0.974 bits per heavy atom. The van der Waals surface area contributed by atoms with Gasteiger partial charge in [-0.1, -0.05) is 103 Å². The molecular formula is C34H28O3P+. The van der Waals surface area contributed by atoms with Crippen molar-refractivity contribution >= 4 is 35.2 Å². The van der Waals surface area contributed by atoms with Crippen molar-refractivity contribution in [2.45, 2.75) is 12.8 Å². The summed E-state index contributed by atoms with van der Waals surface area (Å²) in [6.07, 6.45) is 0. The minimum absolute atomic E-state index is 0.0762. The molecule has 38 heavy (non-hydrogen) atoms. The van der Waals surface area contributed by atoms with Crippen LogP contribution in [0.5, 0.6) is 0 Å². The molecule has 4 heteroatoms. The van der Waals surface area contributed by atoms with E-state index in [9.17, 15) is 9.59 Å². The fourth-order valence-corrected chi connectivity index (χ4v) is 7.99. The molecule has 0 aliphatic carbocycles. The molecule has 5 aromatic rings. The Bertz CT molecular complexity index is 1420. The van der Waals surface area contributed by atoms with Crippen LogP contribution in [-0.2, 0) is 9.32 Å². The average Bonchev–Trinajstić information content (AvgIpc) is 3.01. The normalized spacial score (nSPS) is 11.9. The molecule has 0 fully saturated rings.